The standard InChI is InChI=1S/C12H11Cl2N3O/c13-9-3-1-4-10(14)8(9)7-17-6-2-5-11(17)12(15)16-18/h1-6,18H,7H2,(H2,15,16). The van der Waals surface area contributed by atoms with Crippen molar-refractivity contribution in [1.29, 1.82) is 0 Å². The van der Waals surface area contributed by atoms with Gasteiger partial charge in [-0.15, -0.1) is 0 Å². The largest absolute Gasteiger partial charge is 0.409 e. The Morgan fingerprint density at radius 2 is 1.89 bits per heavy atom. The molecule has 0 aliphatic heterocycles. The van der Waals surface area contributed by atoms with Crippen LogP contribution in [-0.2, 0) is 6.54 Å². The van der Waals surface area contributed by atoms with Crippen molar-refractivity contribution < 1.29 is 5.21 Å². The molecule has 2 aromatic rings. The van der Waals surface area contributed by atoms with Gasteiger partial charge in [-0.25, -0.2) is 0 Å². The van der Waals surface area contributed by atoms with Crippen LogP contribution < -0.4 is 5.73 Å². The van der Waals surface area contributed by atoms with Gasteiger partial charge < -0.3 is 15.5 Å². The molecule has 1 aromatic heterocycles. The van der Waals surface area contributed by atoms with Gasteiger partial charge >= 0.3 is 0 Å². The van der Waals surface area contributed by atoms with Gasteiger partial charge in [0, 0.05) is 21.8 Å². The lowest BCUT2D eigenvalue weighted by Gasteiger charge is -2.11. The molecule has 0 saturated carbocycles. The second kappa shape index (κ2) is 5.33. The summed E-state index contributed by atoms with van der Waals surface area (Å²) in [6.07, 6.45) is 1.81. The Morgan fingerprint density at radius 3 is 2.50 bits per heavy atom. The maximum atomic E-state index is 8.70. The summed E-state index contributed by atoms with van der Waals surface area (Å²) >= 11 is 12.2. The number of hydrogen-bond donors (Lipinski definition) is 2. The van der Waals surface area contributed by atoms with Crippen molar-refractivity contribution in [1.82, 2.24) is 4.57 Å². The van der Waals surface area contributed by atoms with Crippen molar-refractivity contribution in [2.24, 2.45) is 10.9 Å². The summed E-state index contributed by atoms with van der Waals surface area (Å²) in [5.74, 6) is 0.0446. The van der Waals surface area contributed by atoms with Crippen molar-refractivity contribution in [2.45, 2.75) is 6.54 Å². The lowest BCUT2D eigenvalue weighted by Crippen LogP contribution is -2.18. The van der Waals surface area contributed by atoms with E-state index in [2.05, 4.69) is 5.16 Å². The molecule has 0 radical (unpaired) electrons. The second-order valence-electron chi connectivity index (χ2n) is 3.71. The van der Waals surface area contributed by atoms with Crippen molar-refractivity contribution in [3.05, 3.63) is 57.8 Å². The number of benzene rings is 1. The van der Waals surface area contributed by atoms with Gasteiger partial charge in [0.2, 0.25) is 0 Å². The van der Waals surface area contributed by atoms with E-state index < -0.39 is 0 Å². The van der Waals surface area contributed by atoms with E-state index in [0.29, 0.717) is 22.3 Å². The Kier molecular flexibility index (Phi) is 3.79. The van der Waals surface area contributed by atoms with Gasteiger partial charge in [0.15, 0.2) is 5.84 Å². The molecule has 6 heteroatoms. The fourth-order valence-corrected chi connectivity index (χ4v) is 2.21. The van der Waals surface area contributed by atoms with Crippen LogP contribution in [-0.4, -0.2) is 15.6 Å². The Labute approximate surface area is 114 Å². The van der Waals surface area contributed by atoms with Crippen LogP contribution in [0.2, 0.25) is 10.0 Å². The highest BCUT2D eigenvalue weighted by Crippen LogP contribution is 2.25. The first-order valence-electron chi connectivity index (χ1n) is 5.19. The molecular weight excluding hydrogens is 273 g/mol. The van der Waals surface area contributed by atoms with Crippen molar-refractivity contribution in [2.75, 3.05) is 0 Å². The molecule has 94 valence electrons. The second-order valence-corrected chi connectivity index (χ2v) is 4.52. The topological polar surface area (TPSA) is 63.5 Å². The van der Waals surface area contributed by atoms with Crippen LogP contribution in [0, 0.1) is 0 Å². The number of amidine groups is 1. The number of oxime groups is 1. The maximum Gasteiger partial charge on any atom is 0.186 e. The summed E-state index contributed by atoms with van der Waals surface area (Å²) in [7, 11) is 0. The molecule has 1 heterocycles. The molecule has 0 spiro atoms. The van der Waals surface area contributed by atoms with Crippen LogP contribution in [0.5, 0.6) is 0 Å². The first kappa shape index (κ1) is 12.8. The minimum atomic E-state index is 0.0446. The third-order valence-corrected chi connectivity index (χ3v) is 3.30. The molecule has 0 bridgehead atoms. The molecule has 1 aromatic carbocycles. The Bertz CT molecular complexity index is 573. The molecular formula is C12H11Cl2N3O. The third-order valence-electron chi connectivity index (χ3n) is 2.59. The zero-order chi connectivity index (χ0) is 13.1. The maximum absolute atomic E-state index is 8.70. The minimum absolute atomic E-state index is 0.0446. The van der Waals surface area contributed by atoms with E-state index in [1.807, 2.05) is 10.8 Å². The summed E-state index contributed by atoms with van der Waals surface area (Å²) in [6.45, 7) is 0.455. The number of nitrogens with two attached hydrogens (primary N) is 1. The van der Waals surface area contributed by atoms with Gasteiger partial charge in [0.25, 0.3) is 0 Å². The fraction of sp³-hybridized carbons (Fsp3) is 0.0833. The number of halogens is 2. The summed E-state index contributed by atoms with van der Waals surface area (Å²) in [6, 6.07) is 8.89. The summed E-state index contributed by atoms with van der Waals surface area (Å²) in [5, 5.41) is 12.9. The van der Waals surface area contributed by atoms with Crippen LogP contribution >= 0.6 is 23.2 Å². The number of nitrogens with zero attached hydrogens (tertiary/aromatic N) is 2. The highest BCUT2D eigenvalue weighted by Gasteiger charge is 2.10. The molecule has 0 amide bonds. The molecule has 0 unspecified atom stereocenters. The monoisotopic (exact) mass is 283 g/mol. The minimum Gasteiger partial charge on any atom is -0.409 e. The van der Waals surface area contributed by atoms with Crippen LogP contribution in [0.15, 0.2) is 41.7 Å². The van der Waals surface area contributed by atoms with E-state index in [1.54, 1.807) is 30.3 Å². The Balaban J connectivity index is 2.38. The van der Waals surface area contributed by atoms with Gasteiger partial charge in [-0.05, 0) is 24.3 Å². The van der Waals surface area contributed by atoms with Crippen molar-refractivity contribution in [3.8, 4) is 0 Å². The molecule has 0 saturated heterocycles. The van der Waals surface area contributed by atoms with E-state index >= 15 is 0 Å². The third kappa shape index (κ3) is 2.44. The predicted octanol–water partition coefficient (Wildman–Crippen LogP) is 2.94. The van der Waals surface area contributed by atoms with E-state index in [-0.39, 0.29) is 5.84 Å². The molecule has 2 rings (SSSR count). The first-order chi connectivity index (χ1) is 8.63. The molecule has 0 atom stereocenters. The quantitative estimate of drug-likeness (QED) is 0.394. The molecule has 0 aliphatic rings. The molecule has 0 fully saturated rings. The van der Waals surface area contributed by atoms with Crippen LogP contribution in [0.4, 0.5) is 0 Å². The summed E-state index contributed by atoms with van der Waals surface area (Å²) < 4.78 is 1.81. The lowest BCUT2D eigenvalue weighted by atomic mass is 10.2. The van der Waals surface area contributed by atoms with E-state index in [9.17, 15) is 0 Å². The highest BCUT2D eigenvalue weighted by molar-refractivity contribution is 6.35. The zero-order valence-corrected chi connectivity index (χ0v) is 10.9. The van der Waals surface area contributed by atoms with E-state index in [0.717, 1.165) is 5.56 Å². The number of hydrogen-bond acceptors (Lipinski definition) is 2. The lowest BCUT2D eigenvalue weighted by molar-refractivity contribution is 0.318. The average Bonchev–Trinajstić information content (AvgIpc) is 2.81. The molecule has 18 heavy (non-hydrogen) atoms. The highest BCUT2D eigenvalue weighted by atomic mass is 35.5. The van der Waals surface area contributed by atoms with Gasteiger partial charge in [-0.2, -0.15) is 0 Å². The van der Waals surface area contributed by atoms with Gasteiger partial charge in [-0.3, -0.25) is 0 Å². The summed E-state index contributed by atoms with van der Waals surface area (Å²) in [5.41, 5.74) is 6.98. The zero-order valence-electron chi connectivity index (χ0n) is 9.35. The smallest absolute Gasteiger partial charge is 0.186 e. The Morgan fingerprint density at radius 1 is 1.22 bits per heavy atom. The number of aromatic nitrogens is 1. The molecule has 4 nitrogen and oxygen atoms in total. The van der Waals surface area contributed by atoms with Gasteiger partial charge in [0.05, 0.1) is 12.2 Å². The Hall–Kier alpha value is -1.65. The average molecular weight is 284 g/mol. The van der Waals surface area contributed by atoms with Crippen LogP contribution in [0.25, 0.3) is 0 Å². The predicted molar refractivity (Wildman–Crippen MR) is 72.5 cm³/mol. The first-order valence-corrected chi connectivity index (χ1v) is 5.95. The number of rotatable bonds is 3. The molecule has 0 aliphatic carbocycles. The van der Waals surface area contributed by atoms with Gasteiger partial charge in [-0.1, -0.05) is 34.4 Å². The van der Waals surface area contributed by atoms with E-state index in [4.69, 9.17) is 34.1 Å². The van der Waals surface area contributed by atoms with E-state index in [1.165, 1.54) is 0 Å². The van der Waals surface area contributed by atoms with Crippen LogP contribution in [0.1, 0.15) is 11.3 Å². The van der Waals surface area contributed by atoms with Crippen molar-refractivity contribution >= 4 is 29.0 Å². The van der Waals surface area contributed by atoms with Gasteiger partial charge in [0.1, 0.15) is 0 Å². The van der Waals surface area contributed by atoms with Crippen LogP contribution in [0.3, 0.4) is 0 Å². The molecule has 3 N–H and O–H groups in total. The van der Waals surface area contributed by atoms with Crippen molar-refractivity contribution in [3.63, 3.8) is 0 Å². The fourth-order valence-electron chi connectivity index (χ4n) is 1.69. The normalized spacial score (nSPS) is 11.8. The SMILES string of the molecule is N/C(=N/O)c1cccn1Cc1c(Cl)cccc1Cl. The summed E-state index contributed by atoms with van der Waals surface area (Å²) in [4.78, 5) is 0.